The summed E-state index contributed by atoms with van der Waals surface area (Å²) in [5.41, 5.74) is 17.3. The fraction of sp³-hybridized carbons (Fsp3) is 0. The summed E-state index contributed by atoms with van der Waals surface area (Å²) in [6, 6.07) is 14.6. The SMILES string of the molecule is [N]=Nc1ccc(Nc2ccc(N)cc2)cc1. The molecule has 16 heavy (non-hydrogen) atoms. The Labute approximate surface area is 93.6 Å². The van der Waals surface area contributed by atoms with E-state index in [4.69, 9.17) is 11.3 Å². The molecule has 79 valence electrons. The van der Waals surface area contributed by atoms with Gasteiger partial charge in [0.05, 0.1) is 5.69 Å². The number of benzene rings is 2. The molecule has 0 aliphatic rings. The molecular weight excluding hydrogens is 200 g/mol. The highest BCUT2D eigenvalue weighted by molar-refractivity contribution is 5.63. The summed E-state index contributed by atoms with van der Waals surface area (Å²) in [6.45, 7) is 0. The number of nitrogen functional groups attached to an aromatic ring is 1. The van der Waals surface area contributed by atoms with Crippen LogP contribution in [0.1, 0.15) is 0 Å². The molecule has 0 saturated heterocycles. The van der Waals surface area contributed by atoms with Crippen molar-refractivity contribution in [2.45, 2.75) is 0 Å². The van der Waals surface area contributed by atoms with Gasteiger partial charge in [0.15, 0.2) is 0 Å². The Morgan fingerprint density at radius 1 is 0.875 bits per heavy atom. The maximum atomic E-state index is 8.54. The molecule has 4 heteroatoms. The molecule has 2 rings (SSSR count). The van der Waals surface area contributed by atoms with Crippen molar-refractivity contribution in [1.29, 1.82) is 0 Å². The van der Waals surface area contributed by atoms with E-state index in [1.54, 1.807) is 12.1 Å². The van der Waals surface area contributed by atoms with Gasteiger partial charge in [-0.3, -0.25) is 0 Å². The molecule has 0 aromatic heterocycles. The van der Waals surface area contributed by atoms with E-state index in [0.717, 1.165) is 17.1 Å². The highest BCUT2D eigenvalue weighted by Gasteiger charge is 1.95. The Morgan fingerprint density at radius 2 is 1.38 bits per heavy atom. The van der Waals surface area contributed by atoms with Crippen molar-refractivity contribution in [1.82, 2.24) is 5.53 Å². The molecule has 4 nitrogen and oxygen atoms in total. The standard InChI is InChI=1S/C12H11N4/c13-9-1-3-10(4-2-9)15-11-5-7-12(16-14)8-6-11/h1-8,15H,13H2. The number of nitrogens with one attached hydrogen (secondary N) is 1. The smallest absolute Gasteiger partial charge is 0.0877 e. The van der Waals surface area contributed by atoms with Gasteiger partial charge in [-0.15, -0.1) is 5.11 Å². The van der Waals surface area contributed by atoms with Crippen molar-refractivity contribution in [3.05, 3.63) is 48.5 Å². The molecule has 0 bridgehead atoms. The van der Waals surface area contributed by atoms with E-state index in [1.807, 2.05) is 36.4 Å². The number of hydrogen-bond donors (Lipinski definition) is 2. The van der Waals surface area contributed by atoms with Crippen molar-refractivity contribution in [2.75, 3.05) is 11.1 Å². The topological polar surface area (TPSA) is 72.7 Å². The van der Waals surface area contributed by atoms with E-state index in [0.29, 0.717) is 5.69 Å². The van der Waals surface area contributed by atoms with Gasteiger partial charge in [-0.05, 0) is 54.1 Å². The molecule has 1 radical (unpaired) electrons. The van der Waals surface area contributed by atoms with E-state index >= 15 is 0 Å². The summed E-state index contributed by atoms with van der Waals surface area (Å²) in [4.78, 5) is 0. The molecule has 0 unspecified atom stereocenters. The number of hydrogen-bond acceptors (Lipinski definition) is 3. The lowest BCUT2D eigenvalue weighted by Gasteiger charge is -2.06. The van der Waals surface area contributed by atoms with Gasteiger partial charge in [0.2, 0.25) is 0 Å². The lowest BCUT2D eigenvalue weighted by Crippen LogP contribution is -1.90. The first-order chi connectivity index (χ1) is 7.78. The first-order valence-corrected chi connectivity index (χ1v) is 4.86. The summed E-state index contributed by atoms with van der Waals surface area (Å²) in [6.07, 6.45) is 0. The third kappa shape index (κ3) is 2.36. The lowest BCUT2D eigenvalue weighted by molar-refractivity contribution is 1.30. The second kappa shape index (κ2) is 4.44. The van der Waals surface area contributed by atoms with Gasteiger partial charge >= 0.3 is 0 Å². The number of nitrogens with zero attached hydrogens (tertiary/aromatic N) is 2. The van der Waals surface area contributed by atoms with Gasteiger partial charge in [0.1, 0.15) is 0 Å². The molecule has 0 spiro atoms. The summed E-state index contributed by atoms with van der Waals surface area (Å²) >= 11 is 0. The van der Waals surface area contributed by atoms with Gasteiger partial charge in [-0.1, -0.05) is 0 Å². The van der Waals surface area contributed by atoms with Crippen LogP contribution < -0.4 is 16.6 Å². The molecule has 0 saturated carbocycles. The molecule has 0 aliphatic heterocycles. The molecule has 0 aliphatic carbocycles. The minimum absolute atomic E-state index is 0.530. The Kier molecular flexibility index (Phi) is 2.82. The van der Waals surface area contributed by atoms with Gasteiger partial charge in [-0.25, -0.2) is 0 Å². The quantitative estimate of drug-likeness (QED) is 0.605. The fourth-order valence-electron chi connectivity index (χ4n) is 1.34. The number of rotatable bonds is 3. The van der Waals surface area contributed by atoms with Gasteiger partial charge < -0.3 is 11.1 Å². The van der Waals surface area contributed by atoms with E-state index < -0.39 is 0 Å². The zero-order valence-corrected chi connectivity index (χ0v) is 8.59. The molecule has 0 atom stereocenters. The molecular formula is C12H11N4. The molecule has 2 aromatic carbocycles. The maximum Gasteiger partial charge on any atom is 0.0877 e. The minimum atomic E-state index is 0.530. The average Bonchev–Trinajstić information content (AvgIpc) is 2.33. The number of nitrogens with two attached hydrogens (primary N) is 1. The van der Waals surface area contributed by atoms with Crippen molar-refractivity contribution in [3.8, 4) is 0 Å². The van der Waals surface area contributed by atoms with Crippen molar-refractivity contribution in [2.24, 2.45) is 5.11 Å². The summed E-state index contributed by atoms with van der Waals surface area (Å²) in [7, 11) is 0. The van der Waals surface area contributed by atoms with E-state index in [9.17, 15) is 0 Å². The largest absolute Gasteiger partial charge is 0.399 e. The van der Waals surface area contributed by atoms with E-state index in [1.165, 1.54) is 0 Å². The first kappa shape index (κ1) is 10.2. The molecule has 0 amide bonds. The predicted octanol–water partition coefficient (Wildman–Crippen LogP) is 2.90. The highest BCUT2D eigenvalue weighted by atomic mass is 15.0. The fourth-order valence-corrected chi connectivity index (χ4v) is 1.34. The predicted molar refractivity (Wildman–Crippen MR) is 64.8 cm³/mol. The van der Waals surface area contributed by atoms with E-state index in [-0.39, 0.29) is 0 Å². The van der Waals surface area contributed by atoms with Crippen LogP contribution in [0.3, 0.4) is 0 Å². The van der Waals surface area contributed by atoms with Crippen molar-refractivity contribution >= 4 is 22.7 Å². The van der Waals surface area contributed by atoms with Crippen LogP contribution in [0, 0.1) is 0 Å². The summed E-state index contributed by atoms with van der Waals surface area (Å²) in [5.74, 6) is 0. The minimum Gasteiger partial charge on any atom is -0.399 e. The molecule has 3 N–H and O–H groups in total. The average molecular weight is 211 g/mol. The maximum absolute atomic E-state index is 8.54. The molecule has 0 fully saturated rings. The summed E-state index contributed by atoms with van der Waals surface area (Å²) < 4.78 is 0. The van der Waals surface area contributed by atoms with Crippen molar-refractivity contribution < 1.29 is 0 Å². The Balaban J connectivity index is 2.14. The van der Waals surface area contributed by atoms with Crippen LogP contribution in [-0.2, 0) is 0 Å². The zero-order chi connectivity index (χ0) is 11.4. The lowest BCUT2D eigenvalue weighted by atomic mass is 10.2. The van der Waals surface area contributed by atoms with Crippen LogP contribution >= 0.6 is 0 Å². The summed E-state index contributed by atoms with van der Waals surface area (Å²) in [5, 5.41) is 6.29. The zero-order valence-electron chi connectivity index (χ0n) is 8.59. The van der Waals surface area contributed by atoms with E-state index in [2.05, 4.69) is 10.4 Å². The van der Waals surface area contributed by atoms with Gasteiger partial charge in [0.25, 0.3) is 0 Å². The Hall–Kier alpha value is -2.36. The van der Waals surface area contributed by atoms with Crippen LogP contribution in [0.25, 0.3) is 0 Å². The Morgan fingerprint density at radius 3 is 1.88 bits per heavy atom. The third-order valence-corrected chi connectivity index (χ3v) is 2.18. The van der Waals surface area contributed by atoms with Crippen LogP contribution in [-0.4, -0.2) is 0 Å². The van der Waals surface area contributed by atoms with Gasteiger partial charge in [-0.2, -0.15) is 0 Å². The molecule has 2 aromatic rings. The monoisotopic (exact) mass is 211 g/mol. The second-order valence-electron chi connectivity index (χ2n) is 3.39. The van der Waals surface area contributed by atoms with Crippen molar-refractivity contribution in [3.63, 3.8) is 0 Å². The Bertz CT molecular complexity index is 473. The van der Waals surface area contributed by atoms with Crippen LogP contribution in [0.15, 0.2) is 53.6 Å². The molecule has 0 heterocycles. The first-order valence-electron chi connectivity index (χ1n) is 4.86. The van der Waals surface area contributed by atoms with Crippen LogP contribution in [0.5, 0.6) is 0 Å². The number of anilines is 3. The second-order valence-corrected chi connectivity index (χ2v) is 3.39. The highest BCUT2D eigenvalue weighted by Crippen LogP contribution is 2.20. The van der Waals surface area contributed by atoms with Gasteiger partial charge in [0, 0.05) is 17.1 Å². The third-order valence-electron chi connectivity index (χ3n) is 2.18. The van der Waals surface area contributed by atoms with Crippen LogP contribution in [0.2, 0.25) is 0 Å². The van der Waals surface area contributed by atoms with Crippen LogP contribution in [0.4, 0.5) is 22.7 Å². The normalized spacial score (nSPS) is 9.75.